The zero-order valence-corrected chi connectivity index (χ0v) is 11.3. The quantitative estimate of drug-likeness (QED) is 0.720. The molecule has 6 heteroatoms. The molecule has 0 radical (unpaired) electrons. The zero-order chi connectivity index (χ0) is 14.5. The zero-order valence-electron chi connectivity index (χ0n) is 11.3. The summed E-state index contributed by atoms with van der Waals surface area (Å²) in [6.07, 6.45) is -2.57. The molecule has 1 aromatic carbocycles. The Morgan fingerprint density at radius 3 is 2.75 bits per heavy atom. The van der Waals surface area contributed by atoms with Gasteiger partial charge in [-0.05, 0) is 11.6 Å². The first kappa shape index (κ1) is 14.9. The molecule has 0 aromatic heterocycles. The maximum absolute atomic E-state index is 10.8. The molecule has 1 aromatic rings. The molecule has 0 bridgehead atoms. The summed E-state index contributed by atoms with van der Waals surface area (Å²) in [4.78, 5) is 10.8. The summed E-state index contributed by atoms with van der Waals surface area (Å²) < 4.78 is 10.8. The van der Waals surface area contributed by atoms with Crippen LogP contribution in [0, 0.1) is 0 Å². The minimum absolute atomic E-state index is 0.00282. The normalized spacial score (nSPS) is 18.8. The number of benzene rings is 1. The fraction of sp³-hybridized carbons (Fsp3) is 0.500. The molecule has 1 amide bonds. The smallest absolute Gasteiger partial charge is 0.216 e. The van der Waals surface area contributed by atoms with Gasteiger partial charge in [0, 0.05) is 19.0 Å². The van der Waals surface area contributed by atoms with Gasteiger partial charge in [-0.15, -0.1) is 0 Å². The van der Waals surface area contributed by atoms with Crippen molar-refractivity contribution in [1.29, 1.82) is 0 Å². The number of carbonyl (C=O) groups is 1. The highest BCUT2D eigenvalue weighted by atomic mass is 16.7. The van der Waals surface area contributed by atoms with Crippen molar-refractivity contribution >= 4 is 5.91 Å². The Morgan fingerprint density at radius 1 is 1.40 bits per heavy atom. The van der Waals surface area contributed by atoms with E-state index in [0.29, 0.717) is 18.8 Å². The molecule has 6 nitrogen and oxygen atoms in total. The first-order chi connectivity index (χ1) is 9.58. The predicted octanol–water partition coefficient (Wildman–Crippen LogP) is 0.262. The minimum Gasteiger partial charge on any atom is -0.388 e. The van der Waals surface area contributed by atoms with Crippen molar-refractivity contribution < 1.29 is 24.5 Å². The van der Waals surface area contributed by atoms with Crippen molar-refractivity contribution in [3.8, 4) is 0 Å². The van der Waals surface area contributed by atoms with E-state index in [1.54, 1.807) is 18.2 Å². The molecule has 2 unspecified atom stereocenters. The second-order valence-electron chi connectivity index (χ2n) is 4.69. The van der Waals surface area contributed by atoms with Crippen LogP contribution in [0.15, 0.2) is 24.3 Å². The van der Waals surface area contributed by atoms with Crippen LogP contribution in [0.5, 0.6) is 0 Å². The molecule has 1 aliphatic heterocycles. The molecular weight excluding hydrogens is 262 g/mol. The number of hydrogen-bond acceptors (Lipinski definition) is 5. The highest BCUT2D eigenvalue weighted by Gasteiger charge is 2.22. The summed E-state index contributed by atoms with van der Waals surface area (Å²) in [5, 5.41) is 22.4. The van der Waals surface area contributed by atoms with Gasteiger partial charge in [-0.2, -0.15) is 0 Å². The summed E-state index contributed by atoms with van der Waals surface area (Å²) in [6, 6.07) is 7.05. The van der Waals surface area contributed by atoms with Gasteiger partial charge in [-0.25, -0.2) is 0 Å². The topological polar surface area (TPSA) is 88.0 Å². The van der Waals surface area contributed by atoms with E-state index < -0.39 is 18.5 Å². The van der Waals surface area contributed by atoms with Gasteiger partial charge >= 0.3 is 0 Å². The molecule has 3 N–H and O–H groups in total. The summed E-state index contributed by atoms with van der Waals surface area (Å²) >= 11 is 0. The van der Waals surface area contributed by atoms with E-state index in [9.17, 15) is 15.0 Å². The van der Waals surface area contributed by atoms with Crippen LogP contribution in [0.2, 0.25) is 0 Å². The van der Waals surface area contributed by atoms with Gasteiger partial charge in [-0.3, -0.25) is 4.79 Å². The molecule has 1 aliphatic rings. The third-order valence-corrected chi connectivity index (χ3v) is 3.07. The Bertz CT molecular complexity index is 459. The summed E-state index contributed by atoms with van der Waals surface area (Å²) in [7, 11) is 0. The largest absolute Gasteiger partial charge is 0.388 e. The lowest BCUT2D eigenvalue weighted by molar-refractivity contribution is -0.119. The van der Waals surface area contributed by atoms with Gasteiger partial charge in [0.25, 0.3) is 0 Å². The molecule has 2 atom stereocenters. The number of carbonyl (C=O) groups excluding carboxylic acids is 1. The number of amides is 1. The van der Waals surface area contributed by atoms with Crippen molar-refractivity contribution in [2.24, 2.45) is 0 Å². The number of hydrogen-bond donors (Lipinski definition) is 3. The minimum atomic E-state index is -1.08. The van der Waals surface area contributed by atoms with Gasteiger partial charge in [0.05, 0.1) is 13.2 Å². The average molecular weight is 281 g/mol. The lowest BCUT2D eigenvalue weighted by Crippen LogP contribution is -2.34. The molecule has 2 rings (SSSR count). The van der Waals surface area contributed by atoms with E-state index in [-0.39, 0.29) is 12.5 Å². The highest BCUT2D eigenvalue weighted by molar-refractivity contribution is 5.72. The monoisotopic (exact) mass is 281 g/mol. The number of nitrogens with one attached hydrogen (secondary N) is 1. The maximum Gasteiger partial charge on any atom is 0.216 e. The maximum atomic E-state index is 10.8. The van der Waals surface area contributed by atoms with Crippen molar-refractivity contribution in [3.63, 3.8) is 0 Å². The molecule has 0 spiro atoms. The Kier molecular flexibility index (Phi) is 5.08. The fourth-order valence-corrected chi connectivity index (χ4v) is 2.02. The van der Waals surface area contributed by atoms with Crippen LogP contribution < -0.4 is 5.32 Å². The molecule has 1 fully saturated rings. The van der Waals surface area contributed by atoms with Crippen molar-refractivity contribution in [1.82, 2.24) is 5.32 Å². The van der Waals surface area contributed by atoms with Crippen molar-refractivity contribution in [2.45, 2.75) is 25.4 Å². The van der Waals surface area contributed by atoms with Crippen LogP contribution in [0.3, 0.4) is 0 Å². The first-order valence-corrected chi connectivity index (χ1v) is 6.51. The molecule has 1 saturated heterocycles. The summed E-state index contributed by atoms with van der Waals surface area (Å²) in [5.74, 6) is -0.252. The second-order valence-corrected chi connectivity index (χ2v) is 4.69. The van der Waals surface area contributed by atoms with Crippen LogP contribution in [-0.4, -0.2) is 42.0 Å². The van der Waals surface area contributed by atoms with E-state index in [2.05, 4.69) is 5.32 Å². The standard InChI is InChI=1S/C14H19NO5/c1-9(16)15-8-12(17)13(18)10-3-2-4-11(7-10)14-19-5-6-20-14/h2-4,7,12-14,17-18H,5-6,8H2,1H3,(H,15,16). The third-order valence-electron chi connectivity index (χ3n) is 3.07. The Balaban J connectivity index is 2.03. The van der Waals surface area contributed by atoms with Gasteiger partial charge in [0.2, 0.25) is 5.91 Å². The predicted molar refractivity (Wildman–Crippen MR) is 70.7 cm³/mol. The average Bonchev–Trinajstić information content (AvgIpc) is 2.98. The van der Waals surface area contributed by atoms with Crippen LogP contribution in [0.25, 0.3) is 0 Å². The number of rotatable bonds is 5. The van der Waals surface area contributed by atoms with Crippen LogP contribution in [0.4, 0.5) is 0 Å². The highest BCUT2D eigenvalue weighted by Crippen LogP contribution is 2.26. The van der Waals surface area contributed by atoms with Crippen LogP contribution in [-0.2, 0) is 14.3 Å². The van der Waals surface area contributed by atoms with E-state index in [1.807, 2.05) is 6.07 Å². The molecule has 20 heavy (non-hydrogen) atoms. The van der Waals surface area contributed by atoms with Gasteiger partial charge < -0.3 is 25.0 Å². The van der Waals surface area contributed by atoms with E-state index in [1.165, 1.54) is 6.92 Å². The Hall–Kier alpha value is -1.47. The molecular formula is C14H19NO5. The van der Waals surface area contributed by atoms with Crippen molar-refractivity contribution in [3.05, 3.63) is 35.4 Å². The van der Waals surface area contributed by atoms with E-state index >= 15 is 0 Å². The van der Waals surface area contributed by atoms with Crippen LogP contribution in [0.1, 0.15) is 30.4 Å². The lowest BCUT2D eigenvalue weighted by Gasteiger charge is -2.19. The lowest BCUT2D eigenvalue weighted by atomic mass is 10.0. The second kappa shape index (κ2) is 6.81. The number of aliphatic hydroxyl groups excluding tert-OH is 2. The van der Waals surface area contributed by atoms with Gasteiger partial charge in [-0.1, -0.05) is 18.2 Å². The summed E-state index contributed by atoms with van der Waals surface area (Å²) in [6.45, 7) is 2.44. The molecule has 0 saturated carbocycles. The third kappa shape index (κ3) is 3.77. The Labute approximate surface area is 117 Å². The van der Waals surface area contributed by atoms with Gasteiger partial charge in [0.1, 0.15) is 12.2 Å². The Morgan fingerprint density at radius 2 is 2.10 bits per heavy atom. The molecule has 1 heterocycles. The molecule has 0 aliphatic carbocycles. The van der Waals surface area contributed by atoms with E-state index in [4.69, 9.17) is 9.47 Å². The number of aliphatic hydroxyl groups is 2. The van der Waals surface area contributed by atoms with Gasteiger partial charge in [0.15, 0.2) is 6.29 Å². The fourth-order valence-electron chi connectivity index (χ4n) is 2.02. The number of ether oxygens (including phenoxy) is 2. The van der Waals surface area contributed by atoms with Crippen LogP contribution >= 0.6 is 0 Å². The molecule has 110 valence electrons. The SMILES string of the molecule is CC(=O)NCC(O)C(O)c1cccc(C2OCCO2)c1. The van der Waals surface area contributed by atoms with E-state index in [0.717, 1.165) is 5.56 Å². The summed E-state index contributed by atoms with van der Waals surface area (Å²) in [5.41, 5.74) is 1.35. The van der Waals surface area contributed by atoms with Crippen molar-refractivity contribution in [2.75, 3.05) is 19.8 Å². The first-order valence-electron chi connectivity index (χ1n) is 6.51.